The Kier molecular flexibility index (Phi) is 4.43. The van der Waals surface area contributed by atoms with Crippen molar-refractivity contribution in [2.45, 2.75) is 12.7 Å². The van der Waals surface area contributed by atoms with Crippen LogP contribution >= 0.6 is 23.2 Å². The van der Waals surface area contributed by atoms with Crippen LogP contribution in [0.25, 0.3) is 0 Å². The molecule has 0 fully saturated rings. The number of halogens is 5. The van der Waals surface area contributed by atoms with E-state index < -0.39 is 12.1 Å². The summed E-state index contributed by atoms with van der Waals surface area (Å²) >= 11 is 12.0. The smallest absolute Gasteiger partial charge is 0.316 e. The van der Waals surface area contributed by atoms with E-state index in [1.165, 1.54) is 10.9 Å². The molecule has 0 saturated heterocycles. The number of nitrogens with zero attached hydrogens (tertiary/aromatic N) is 2. The molecular weight excluding hydrogens is 330 g/mol. The zero-order valence-corrected chi connectivity index (χ0v) is 11.8. The van der Waals surface area contributed by atoms with E-state index in [-0.39, 0.29) is 12.2 Å². The summed E-state index contributed by atoms with van der Waals surface area (Å²) in [5, 5.41) is 6.38. The van der Waals surface area contributed by atoms with Gasteiger partial charge in [-0.05, 0) is 12.1 Å². The van der Waals surface area contributed by atoms with Crippen LogP contribution in [0.15, 0.2) is 30.6 Å². The van der Waals surface area contributed by atoms with Crippen molar-refractivity contribution in [3.8, 4) is 0 Å². The van der Waals surface area contributed by atoms with E-state index in [9.17, 15) is 18.0 Å². The Morgan fingerprint density at radius 1 is 1.29 bits per heavy atom. The summed E-state index contributed by atoms with van der Waals surface area (Å²) in [6.07, 6.45) is -2.59. The molecule has 21 heavy (non-hydrogen) atoms. The highest BCUT2D eigenvalue weighted by Crippen LogP contribution is 2.25. The number of alkyl halides is 3. The van der Waals surface area contributed by atoms with Gasteiger partial charge in [-0.2, -0.15) is 18.3 Å². The predicted octanol–water partition coefficient (Wildman–Crippen LogP) is 3.74. The number of amides is 1. The minimum atomic E-state index is -4.95. The Bertz CT molecular complexity index is 650. The molecule has 1 aromatic heterocycles. The van der Waals surface area contributed by atoms with E-state index in [0.717, 1.165) is 6.20 Å². The first kappa shape index (κ1) is 15.7. The van der Waals surface area contributed by atoms with Crippen LogP contribution in [0, 0.1) is 0 Å². The standard InChI is InChI=1S/C12H8Cl2F3N3O/c13-9-2-1-3-10(14)8(9)6-20-5-7(4-18-20)19-11(21)12(15,16)17/h1-5H,6H2,(H,19,21). The second-order valence-electron chi connectivity index (χ2n) is 4.08. The van der Waals surface area contributed by atoms with E-state index in [2.05, 4.69) is 5.10 Å². The molecule has 2 rings (SSSR count). The number of aromatic nitrogens is 2. The highest BCUT2D eigenvalue weighted by atomic mass is 35.5. The minimum Gasteiger partial charge on any atom is -0.316 e. The summed E-state index contributed by atoms with van der Waals surface area (Å²) in [5.74, 6) is -2.06. The SMILES string of the molecule is O=C(Nc1cnn(Cc2c(Cl)cccc2Cl)c1)C(F)(F)F. The first-order valence-electron chi connectivity index (χ1n) is 5.61. The maximum atomic E-state index is 12.1. The molecule has 0 radical (unpaired) electrons. The molecule has 1 heterocycles. The van der Waals surface area contributed by atoms with Gasteiger partial charge in [0.25, 0.3) is 0 Å². The van der Waals surface area contributed by atoms with Crippen LogP contribution in [0.2, 0.25) is 10.0 Å². The molecule has 0 aliphatic carbocycles. The maximum absolute atomic E-state index is 12.1. The molecule has 1 N–H and O–H groups in total. The average Bonchev–Trinajstić information content (AvgIpc) is 2.80. The van der Waals surface area contributed by atoms with Gasteiger partial charge >= 0.3 is 12.1 Å². The largest absolute Gasteiger partial charge is 0.471 e. The highest BCUT2D eigenvalue weighted by molar-refractivity contribution is 6.35. The van der Waals surface area contributed by atoms with Crippen LogP contribution in [0.3, 0.4) is 0 Å². The summed E-state index contributed by atoms with van der Waals surface area (Å²) in [4.78, 5) is 10.8. The van der Waals surface area contributed by atoms with Gasteiger partial charge in [0.15, 0.2) is 0 Å². The molecule has 0 aliphatic rings. The third-order valence-electron chi connectivity index (χ3n) is 2.53. The number of benzene rings is 1. The van der Waals surface area contributed by atoms with Crippen molar-refractivity contribution in [1.29, 1.82) is 0 Å². The summed E-state index contributed by atoms with van der Waals surface area (Å²) in [6, 6.07) is 4.95. The molecule has 1 amide bonds. The molecule has 112 valence electrons. The first-order chi connectivity index (χ1) is 9.77. The Balaban J connectivity index is 2.12. The fourth-order valence-corrected chi connectivity index (χ4v) is 2.08. The van der Waals surface area contributed by atoms with Crippen LogP contribution in [-0.2, 0) is 11.3 Å². The normalized spacial score (nSPS) is 11.5. The Labute approximate surface area is 127 Å². The lowest BCUT2D eigenvalue weighted by Gasteiger charge is -2.07. The van der Waals surface area contributed by atoms with Crippen molar-refractivity contribution in [3.63, 3.8) is 0 Å². The number of nitrogens with one attached hydrogen (secondary N) is 1. The number of hydrogen-bond donors (Lipinski definition) is 1. The van der Waals surface area contributed by atoms with Gasteiger partial charge in [0, 0.05) is 21.8 Å². The number of carbonyl (C=O) groups excluding carboxylic acids is 1. The predicted molar refractivity (Wildman–Crippen MR) is 72.5 cm³/mol. The van der Waals surface area contributed by atoms with Crippen LogP contribution in [0.5, 0.6) is 0 Å². The third-order valence-corrected chi connectivity index (χ3v) is 3.24. The van der Waals surface area contributed by atoms with Crippen molar-refractivity contribution in [1.82, 2.24) is 9.78 Å². The second kappa shape index (κ2) is 5.95. The number of carbonyl (C=O) groups is 1. The molecule has 1 aromatic carbocycles. The van der Waals surface area contributed by atoms with E-state index in [4.69, 9.17) is 23.2 Å². The summed E-state index contributed by atoms with van der Waals surface area (Å²) in [5.41, 5.74) is 0.512. The molecular formula is C12H8Cl2F3N3O. The van der Waals surface area contributed by atoms with Crippen molar-refractivity contribution in [2.75, 3.05) is 5.32 Å². The van der Waals surface area contributed by atoms with Crippen LogP contribution < -0.4 is 5.32 Å². The molecule has 4 nitrogen and oxygen atoms in total. The van der Waals surface area contributed by atoms with E-state index >= 15 is 0 Å². The lowest BCUT2D eigenvalue weighted by molar-refractivity contribution is -0.167. The molecule has 0 atom stereocenters. The molecule has 0 spiro atoms. The van der Waals surface area contributed by atoms with Crippen molar-refractivity contribution < 1.29 is 18.0 Å². The lowest BCUT2D eigenvalue weighted by atomic mass is 10.2. The van der Waals surface area contributed by atoms with Gasteiger partial charge < -0.3 is 5.32 Å². The number of rotatable bonds is 3. The maximum Gasteiger partial charge on any atom is 0.471 e. The van der Waals surface area contributed by atoms with E-state index in [1.54, 1.807) is 23.5 Å². The number of hydrogen-bond acceptors (Lipinski definition) is 2. The van der Waals surface area contributed by atoms with Gasteiger partial charge in [-0.1, -0.05) is 29.3 Å². The van der Waals surface area contributed by atoms with Crippen molar-refractivity contribution in [3.05, 3.63) is 46.2 Å². The fraction of sp³-hybridized carbons (Fsp3) is 0.167. The molecule has 0 aliphatic heterocycles. The monoisotopic (exact) mass is 337 g/mol. The average molecular weight is 338 g/mol. The molecule has 0 unspecified atom stereocenters. The van der Waals surface area contributed by atoms with Gasteiger partial charge in [0.2, 0.25) is 0 Å². The van der Waals surface area contributed by atoms with Crippen molar-refractivity contribution >= 4 is 34.8 Å². The molecule has 9 heteroatoms. The zero-order valence-electron chi connectivity index (χ0n) is 10.3. The Hall–Kier alpha value is -1.73. The third kappa shape index (κ3) is 3.89. The summed E-state index contributed by atoms with van der Waals surface area (Å²) < 4.78 is 37.7. The zero-order chi connectivity index (χ0) is 15.6. The minimum absolute atomic E-state index is 0.0690. The molecule has 0 bridgehead atoms. The quantitative estimate of drug-likeness (QED) is 0.927. The van der Waals surface area contributed by atoms with Gasteiger partial charge in [-0.25, -0.2) is 0 Å². The van der Waals surface area contributed by atoms with Gasteiger partial charge in [0.05, 0.1) is 18.4 Å². The van der Waals surface area contributed by atoms with E-state index in [0.29, 0.717) is 15.6 Å². The van der Waals surface area contributed by atoms with Crippen LogP contribution in [0.1, 0.15) is 5.56 Å². The van der Waals surface area contributed by atoms with Crippen molar-refractivity contribution in [2.24, 2.45) is 0 Å². The summed E-state index contributed by atoms with van der Waals surface area (Å²) in [6.45, 7) is 0.167. The van der Waals surface area contributed by atoms with Crippen LogP contribution in [-0.4, -0.2) is 21.9 Å². The second-order valence-corrected chi connectivity index (χ2v) is 4.89. The Morgan fingerprint density at radius 3 is 2.48 bits per heavy atom. The topological polar surface area (TPSA) is 46.9 Å². The van der Waals surface area contributed by atoms with E-state index in [1.807, 2.05) is 0 Å². The highest BCUT2D eigenvalue weighted by Gasteiger charge is 2.38. The Morgan fingerprint density at radius 2 is 1.90 bits per heavy atom. The van der Waals surface area contributed by atoms with Gasteiger partial charge in [0.1, 0.15) is 0 Å². The van der Waals surface area contributed by atoms with Gasteiger partial charge in [-0.15, -0.1) is 0 Å². The molecule has 0 saturated carbocycles. The first-order valence-corrected chi connectivity index (χ1v) is 6.36. The fourth-order valence-electron chi connectivity index (χ4n) is 1.56. The van der Waals surface area contributed by atoms with Crippen LogP contribution in [0.4, 0.5) is 18.9 Å². The lowest BCUT2D eigenvalue weighted by Crippen LogP contribution is -2.29. The summed E-state index contributed by atoms with van der Waals surface area (Å²) in [7, 11) is 0. The number of anilines is 1. The molecule has 2 aromatic rings. The van der Waals surface area contributed by atoms with Gasteiger partial charge in [-0.3, -0.25) is 9.48 Å².